The summed E-state index contributed by atoms with van der Waals surface area (Å²) in [5.41, 5.74) is 7.30. The number of hydrogen-bond donors (Lipinski definition) is 2. The molecule has 2 rings (SSSR count). The minimum Gasteiger partial charge on any atom is -0.349 e. The van der Waals surface area contributed by atoms with Crippen molar-refractivity contribution in [3.05, 3.63) is 36.2 Å². The number of nitrogens with one attached hydrogen (secondary N) is 1. The van der Waals surface area contributed by atoms with E-state index in [-0.39, 0.29) is 11.4 Å². The molecule has 0 radical (unpaired) electrons. The van der Waals surface area contributed by atoms with Crippen LogP contribution in [0.4, 0.5) is 0 Å². The summed E-state index contributed by atoms with van der Waals surface area (Å²) in [5, 5.41) is 14.1. The molecular formula is C15H22N6O. The van der Waals surface area contributed by atoms with Gasteiger partial charge in [0.05, 0.1) is 17.6 Å². The summed E-state index contributed by atoms with van der Waals surface area (Å²) in [6.45, 7) is 4.53. The molecule has 0 aliphatic heterocycles. The summed E-state index contributed by atoms with van der Waals surface area (Å²) < 4.78 is 1.57. The Bertz CT molecular complexity index is 581. The zero-order chi connectivity index (χ0) is 16.0. The van der Waals surface area contributed by atoms with Crippen molar-refractivity contribution in [2.75, 3.05) is 6.54 Å². The van der Waals surface area contributed by atoms with E-state index in [0.29, 0.717) is 13.0 Å². The SMILES string of the molecule is CCC(CC)(CN)NC(=O)Cc1ccc(-n2cnnn2)cc1. The molecule has 0 atom stereocenters. The number of carbonyl (C=O) groups is 1. The Hall–Kier alpha value is -2.28. The van der Waals surface area contributed by atoms with Gasteiger partial charge >= 0.3 is 0 Å². The van der Waals surface area contributed by atoms with Gasteiger partial charge < -0.3 is 11.1 Å². The van der Waals surface area contributed by atoms with Crippen LogP contribution in [0.5, 0.6) is 0 Å². The number of hydrogen-bond acceptors (Lipinski definition) is 5. The first-order chi connectivity index (χ1) is 10.6. The fourth-order valence-corrected chi connectivity index (χ4v) is 2.34. The van der Waals surface area contributed by atoms with Crippen molar-refractivity contribution in [1.82, 2.24) is 25.5 Å². The summed E-state index contributed by atoms with van der Waals surface area (Å²) >= 11 is 0. The lowest BCUT2D eigenvalue weighted by atomic mass is 9.92. The lowest BCUT2D eigenvalue weighted by molar-refractivity contribution is -0.122. The molecule has 0 unspecified atom stereocenters. The quantitative estimate of drug-likeness (QED) is 0.789. The average molecular weight is 302 g/mol. The highest BCUT2D eigenvalue weighted by Crippen LogP contribution is 2.14. The molecule has 7 nitrogen and oxygen atoms in total. The summed E-state index contributed by atoms with van der Waals surface area (Å²) in [5.74, 6) is -0.00989. The molecule has 0 bridgehead atoms. The maximum Gasteiger partial charge on any atom is 0.224 e. The van der Waals surface area contributed by atoms with Crippen LogP contribution in [0.1, 0.15) is 32.3 Å². The number of aromatic nitrogens is 4. The maximum absolute atomic E-state index is 12.2. The Kier molecular flexibility index (Phi) is 5.21. The highest BCUT2D eigenvalue weighted by atomic mass is 16.1. The van der Waals surface area contributed by atoms with Gasteiger partial charge in [0, 0.05) is 6.54 Å². The molecule has 2 aromatic rings. The van der Waals surface area contributed by atoms with Crippen LogP contribution in [0.2, 0.25) is 0 Å². The molecule has 1 aromatic heterocycles. The third-order valence-corrected chi connectivity index (χ3v) is 4.06. The van der Waals surface area contributed by atoms with Gasteiger partial charge in [-0.05, 0) is 41.0 Å². The van der Waals surface area contributed by atoms with Gasteiger partial charge in [0.15, 0.2) is 0 Å². The minimum atomic E-state index is -0.302. The lowest BCUT2D eigenvalue weighted by Gasteiger charge is -2.31. The third kappa shape index (κ3) is 3.67. The molecule has 0 saturated heterocycles. The van der Waals surface area contributed by atoms with E-state index < -0.39 is 0 Å². The second kappa shape index (κ2) is 7.13. The van der Waals surface area contributed by atoms with Gasteiger partial charge in [-0.1, -0.05) is 26.0 Å². The van der Waals surface area contributed by atoms with Crippen molar-refractivity contribution in [2.45, 2.75) is 38.6 Å². The van der Waals surface area contributed by atoms with Crippen molar-refractivity contribution < 1.29 is 4.79 Å². The van der Waals surface area contributed by atoms with Crippen LogP contribution >= 0.6 is 0 Å². The number of nitrogens with two attached hydrogens (primary N) is 1. The highest BCUT2D eigenvalue weighted by molar-refractivity contribution is 5.79. The van der Waals surface area contributed by atoms with E-state index in [2.05, 4.69) is 20.8 Å². The second-order valence-electron chi connectivity index (χ2n) is 5.34. The van der Waals surface area contributed by atoms with Gasteiger partial charge in [-0.15, -0.1) is 5.10 Å². The smallest absolute Gasteiger partial charge is 0.224 e. The summed E-state index contributed by atoms with van der Waals surface area (Å²) in [6.07, 6.45) is 3.51. The predicted molar refractivity (Wildman–Crippen MR) is 83.4 cm³/mol. The largest absolute Gasteiger partial charge is 0.349 e. The summed E-state index contributed by atoms with van der Waals surface area (Å²) in [6, 6.07) is 7.57. The summed E-state index contributed by atoms with van der Waals surface area (Å²) in [4.78, 5) is 12.2. The monoisotopic (exact) mass is 302 g/mol. The first kappa shape index (κ1) is 16.1. The van der Waals surface area contributed by atoms with E-state index in [4.69, 9.17) is 5.73 Å². The van der Waals surface area contributed by atoms with Gasteiger partial charge in [-0.2, -0.15) is 0 Å². The number of benzene rings is 1. The van der Waals surface area contributed by atoms with Gasteiger partial charge in [0.2, 0.25) is 5.91 Å². The standard InChI is InChI=1S/C15H22N6O/c1-3-15(4-2,10-16)18-14(22)9-12-5-7-13(8-6-12)21-11-17-19-20-21/h5-8,11H,3-4,9-10,16H2,1-2H3,(H,18,22). The lowest BCUT2D eigenvalue weighted by Crippen LogP contribution is -2.53. The van der Waals surface area contributed by atoms with Crippen LogP contribution in [0.25, 0.3) is 5.69 Å². The number of rotatable bonds is 7. The molecule has 0 aliphatic carbocycles. The van der Waals surface area contributed by atoms with Gasteiger partial charge in [0.25, 0.3) is 0 Å². The van der Waals surface area contributed by atoms with E-state index in [1.165, 1.54) is 6.33 Å². The van der Waals surface area contributed by atoms with Crippen molar-refractivity contribution >= 4 is 5.91 Å². The molecule has 1 aromatic carbocycles. The van der Waals surface area contributed by atoms with E-state index in [1.54, 1.807) is 4.68 Å². The number of tetrazole rings is 1. The van der Waals surface area contributed by atoms with Crippen LogP contribution in [0.3, 0.4) is 0 Å². The first-order valence-electron chi connectivity index (χ1n) is 7.46. The van der Waals surface area contributed by atoms with Crippen LogP contribution in [-0.2, 0) is 11.2 Å². The molecule has 0 aliphatic rings. The Morgan fingerprint density at radius 1 is 1.27 bits per heavy atom. The summed E-state index contributed by atoms with van der Waals surface area (Å²) in [7, 11) is 0. The molecular weight excluding hydrogens is 280 g/mol. The van der Waals surface area contributed by atoms with Gasteiger partial charge in [0.1, 0.15) is 6.33 Å². The molecule has 1 heterocycles. The van der Waals surface area contributed by atoms with E-state index in [1.807, 2.05) is 38.1 Å². The zero-order valence-electron chi connectivity index (χ0n) is 13.0. The van der Waals surface area contributed by atoms with Crippen molar-refractivity contribution in [3.63, 3.8) is 0 Å². The molecule has 0 fully saturated rings. The molecule has 22 heavy (non-hydrogen) atoms. The van der Waals surface area contributed by atoms with Crippen LogP contribution in [0, 0.1) is 0 Å². The average Bonchev–Trinajstić information content (AvgIpc) is 3.08. The Labute approximate surface area is 129 Å². The Balaban J connectivity index is 2.00. The van der Waals surface area contributed by atoms with Crippen molar-refractivity contribution in [3.8, 4) is 5.69 Å². The molecule has 7 heteroatoms. The van der Waals surface area contributed by atoms with Crippen molar-refractivity contribution in [2.24, 2.45) is 5.73 Å². The van der Waals surface area contributed by atoms with Crippen LogP contribution in [0.15, 0.2) is 30.6 Å². The van der Waals surface area contributed by atoms with Gasteiger partial charge in [-0.25, -0.2) is 4.68 Å². The van der Waals surface area contributed by atoms with Crippen LogP contribution < -0.4 is 11.1 Å². The van der Waals surface area contributed by atoms with E-state index >= 15 is 0 Å². The topological polar surface area (TPSA) is 98.7 Å². The van der Waals surface area contributed by atoms with E-state index in [0.717, 1.165) is 24.1 Å². The van der Waals surface area contributed by atoms with Crippen LogP contribution in [-0.4, -0.2) is 38.2 Å². The predicted octanol–water partition coefficient (Wildman–Crippen LogP) is 0.839. The number of carbonyl (C=O) groups excluding carboxylic acids is 1. The normalized spacial score (nSPS) is 11.4. The number of amides is 1. The molecule has 1 amide bonds. The maximum atomic E-state index is 12.2. The number of nitrogens with zero attached hydrogens (tertiary/aromatic N) is 4. The molecule has 0 saturated carbocycles. The fraction of sp³-hybridized carbons (Fsp3) is 0.467. The third-order valence-electron chi connectivity index (χ3n) is 4.06. The fourth-order valence-electron chi connectivity index (χ4n) is 2.34. The minimum absolute atomic E-state index is 0.00989. The first-order valence-corrected chi connectivity index (χ1v) is 7.46. The highest BCUT2D eigenvalue weighted by Gasteiger charge is 2.26. The molecule has 3 N–H and O–H groups in total. The Morgan fingerprint density at radius 3 is 2.45 bits per heavy atom. The van der Waals surface area contributed by atoms with Crippen molar-refractivity contribution in [1.29, 1.82) is 0 Å². The molecule has 118 valence electrons. The zero-order valence-corrected chi connectivity index (χ0v) is 13.0. The molecule has 0 spiro atoms. The van der Waals surface area contributed by atoms with Gasteiger partial charge in [-0.3, -0.25) is 4.79 Å². The Morgan fingerprint density at radius 2 is 1.95 bits per heavy atom. The second-order valence-corrected chi connectivity index (χ2v) is 5.34. The van der Waals surface area contributed by atoms with E-state index in [9.17, 15) is 4.79 Å².